The van der Waals surface area contributed by atoms with E-state index in [2.05, 4.69) is 4.98 Å². The van der Waals surface area contributed by atoms with Gasteiger partial charge < -0.3 is 4.74 Å². The zero-order chi connectivity index (χ0) is 10.6. The molecule has 0 N–H and O–H groups in total. The predicted octanol–water partition coefficient (Wildman–Crippen LogP) is 2.61. The van der Waals surface area contributed by atoms with Gasteiger partial charge in [-0.25, -0.2) is 0 Å². The maximum Gasteiger partial charge on any atom is 0.296 e. The van der Waals surface area contributed by atoms with Crippen molar-refractivity contribution < 1.29 is 4.74 Å². The van der Waals surface area contributed by atoms with E-state index in [4.69, 9.17) is 4.74 Å². The minimum atomic E-state index is 0.649. The van der Waals surface area contributed by atoms with Gasteiger partial charge >= 0.3 is 0 Å². The first-order chi connectivity index (χ1) is 6.83. The Morgan fingerprint density at radius 3 is 2.43 bits per heavy atom. The van der Waals surface area contributed by atoms with Crippen LogP contribution in [-0.4, -0.2) is 16.7 Å². The SMILES string of the molecule is CC.COc1nc2ccccc2n1C. The Morgan fingerprint density at radius 2 is 1.86 bits per heavy atom. The number of benzene rings is 1. The zero-order valence-electron chi connectivity index (χ0n) is 9.11. The maximum atomic E-state index is 5.08. The number of aromatic nitrogens is 2. The highest BCUT2D eigenvalue weighted by molar-refractivity contribution is 5.76. The molecule has 3 heteroatoms. The zero-order valence-corrected chi connectivity index (χ0v) is 9.11. The largest absolute Gasteiger partial charge is 0.468 e. The van der Waals surface area contributed by atoms with E-state index in [9.17, 15) is 0 Å². The smallest absolute Gasteiger partial charge is 0.296 e. The number of imidazole rings is 1. The van der Waals surface area contributed by atoms with Crippen LogP contribution in [0.4, 0.5) is 0 Å². The molecule has 0 amide bonds. The second kappa shape index (κ2) is 4.65. The van der Waals surface area contributed by atoms with E-state index in [-0.39, 0.29) is 0 Å². The van der Waals surface area contributed by atoms with Crippen LogP contribution in [0.1, 0.15) is 13.8 Å². The van der Waals surface area contributed by atoms with Crippen molar-refractivity contribution in [2.45, 2.75) is 13.8 Å². The summed E-state index contributed by atoms with van der Waals surface area (Å²) in [5.74, 6) is 0. The van der Waals surface area contributed by atoms with Crippen LogP contribution in [0.2, 0.25) is 0 Å². The van der Waals surface area contributed by atoms with Gasteiger partial charge in [0.15, 0.2) is 0 Å². The Hall–Kier alpha value is -1.51. The Labute approximate surface area is 84.3 Å². The van der Waals surface area contributed by atoms with Gasteiger partial charge in [-0.3, -0.25) is 4.57 Å². The van der Waals surface area contributed by atoms with Gasteiger partial charge in [-0.2, -0.15) is 4.98 Å². The standard InChI is InChI=1S/C9H10N2O.C2H6/c1-11-8-6-4-3-5-7(8)10-9(11)12-2;1-2/h3-6H,1-2H3;1-2H3. The molecule has 1 heterocycles. The molecule has 0 fully saturated rings. The number of hydrogen-bond donors (Lipinski definition) is 0. The molecule has 2 rings (SSSR count). The van der Waals surface area contributed by atoms with E-state index >= 15 is 0 Å². The minimum absolute atomic E-state index is 0.649. The maximum absolute atomic E-state index is 5.08. The van der Waals surface area contributed by atoms with E-state index < -0.39 is 0 Å². The molecule has 0 bridgehead atoms. The summed E-state index contributed by atoms with van der Waals surface area (Å²) in [5, 5.41) is 0. The number of para-hydroxylation sites is 2. The number of ether oxygens (including phenoxy) is 1. The monoisotopic (exact) mass is 192 g/mol. The van der Waals surface area contributed by atoms with E-state index in [0.29, 0.717) is 6.01 Å². The number of methoxy groups -OCH3 is 1. The van der Waals surface area contributed by atoms with Gasteiger partial charge in [-0.05, 0) is 12.1 Å². The number of fused-ring (bicyclic) bond motifs is 1. The van der Waals surface area contributed by atoms with Crippen LogP contribution < -0.4 is 4.74 Å². The third kappa shape index (κ3) is 1.71. The fraction of sp³-hybridized carbons (Fsp3) is 0.364. The molecule has 0 spiro atoms. The summed E-state index contributed by atoms with van der Waals surface area (Å²) < 4.78 is 7.01. The fourth-order valence-corrected chi connectivity index (χ4v) is 1.31. The molecule has 0 atom stereocenters. The summed E-state index contributed by atoms with van der Waals surface area (Å²) in [6.45, 7) is 4.00. The molecular weight excluding hydrogens is 176 g/mol. The lowest BCUT2D eigenvalue weighted by Crippen LogP contribution is -1.93. The van der Waals surface area contributed by atoms with Crippen molar-refractivity contribution >= 4 is 11.0 Å². The fourth-order valence-electron chi connectivity index (χ4n) is 1.31. The quantitative estimate of drug-likeness (QED) is 0.694. The van der Waals surface area contributed by atoms with Gasteiger partial charge in [-0.15, -0.1) is 0 Å². The van der Waals surface area contributed by atoms with Gasteiger partial charge in [0, 0.05) is 7.05 Å². The lowest BCUT2D eigenvalue weighted by atomic mass is 10.3. The molecule has 3 nitrogen and oxygen atoms in total. The molecule has 0 unspecified atom stereocenters. The van der Waals surface area contributed by atoms with Crippen LogP contribution in [0.5, 0.6) is 6.01 Å². The van der Waals surface area contributed by atoms with Crippen molar-refractivity contribution in [3.63, 3.8) is 0 Å². The number of aryl methyl sites for hydroxylation is 1. The number of rotatable bonds is 1. The summed E-state index contributed by atoms with van der Waals surface area (Å²) in [5.41, 5.74) is 2.06. The van der Waals surface area contributed by atoms with E-state index in [1.807, 2.05) is 49.7 Å². The molecule has 0 aliphatic carbocycles. The van der Waals surface area contributed by atoms with Crippen LogP contribution in [0, 0.1) is 0 Å². The summed E-state index contributed by atoms with van der Waals surface area (Å²) >= 11 is 0. The van der Waals surface area contributed by atoms with Crippen molar-refractivity contribution in [2.24, 2.45) is 7.05 Å². The van der Waals surface area contributed by atoms with Crippen LogP contribution in [-0.2, 0) is 7.05 Å². The molecule has 0 aliphatic heterocycles. The molecule has 2 aromatic rings. The summed E-state index contributed by atoms with van der Waals surface area (Å²) in [7, 11) is 3.56. The molecule has 1 aromatic heterocycles. The van der Waals surface area contributed by atoms with Crippen molar-refractivity contribution in [1.82, 2.24) is 9.55 Å². The third-order valence-electron chi connectivity index (χ3n) is 1.93. The van der Waals surface area contributed by atoms with Gasteiger partial charge in [0.2, 0.25) is 0 Å². The first-order valence-corrected chi connectivity index (χ1v) is 4.78. The van der Waals surface area contributed by atoms with Crippen molar-refractivity contribution in [3.05, 3.63) is 24.3 Å². The van der Waals surface area contributed by atoms with Gasteiger partial charge in [-0.1, -0.05) is 26.0 Å². The van der Waals surface area contributed by atoms with Crippen LogP contribution >= 0.6 is 0 Å². The molecule has 0 saturated heterocycles. The first kappa shape index (κ1) is 10.6. The van der Waals surface area contributed by atoms with Gasteiger partial charge in [0.05, 0.1) is 18.1 Å². The summed E-state index contributed by atoms with van der Waals surface area (Å²) in [4.78, 5) is 4.27. The average molecular weight is 192 g/mol. The summed E-state index contributed by atoms with van der Waals surface area (Å²) in [6, 6.07) is 8.59. The van der Waals surface area contributed by atoms with E-state index in [1.54, 1.807) is 7.11 Å². The average Bonchev–Trinajstić information content (AvgIpc) is 2.59. The van der Waals surface area contributed by atoms with Crippen LogP contribution in [0.15, 0.2) is 24.3 Å². The predicted molar refractivity (Wildman–Crippen MR) is 58.6 cm³/mol. The van der Waals surface area contributed by atoms with Gasteiger partial charge in [0.1, 0.15) is 0 Å². The highest BCUT2D eigenvalue weighted by Gasteiger charge is 2.04. The third-order valence-corrected chi connectivity index (χ3v) is 1.93. The molecule has 14 heavy (non-hydrogen) atoms. The minimum Gasteiger partial charge on any atom is -0.468 e. The van der Waals surface area contributed by atoms with E-state index in [1.165, 1.54) is 0 Å². The van der Waals surface area contributed by atoms with Crippen molar-refractivity contribution in [1.29, 1.82) is 0 Å². The Balaban J connectivity index is 0.000000461. The number of hydrogen-bond acceptors (Lipinski definition) is 2. The lowest BCUT2D eigenvalue weighted by Gasteiger charge is -1.97. The van der Waals surface area contributed by atoms with E-state index in [0.717, 1.165) is 11.0 Å². The van der Waals surface area contributed by atoms with Crippen LogP contribution in [0.25, 0.3) is 11.0 Å². The van der Waals surface area contributed by atoms with Crippen molar-refractivity contribution in [2.75, 3.05) is 7.11 Å². The Bertz CT molecular complexity index is 407. The highest BCUT2D eigenvalue weighted by atomic mass is 16.5. The molecule has 0 aliphatic rings. The van der Waals surface area contributed by atoms with Crippen LogP contribution in [0.3, 0.4) is 0 Å². The molecule has 76 valence electrons. The normalized spacial score (nSPS) is 9.43. The first-order valence-electron chi connectivity index (χ1n) is 4.78. The Kier molecular flexibility index (Phi) is 3.51. The van der Waals surface area contributed by atoms with Gasteiger partial charge in [0.25, 0.3) is 6.01 Å². The van der Waals surface area contributed by atoms with Crippen molar-refractivity contribution in [3.8, 4) is 6.01 Å². The second-order valence-electron chi connectivity index (χ2n) is 2.65. The molecule has 0 saturated carbocycles. The highest BCUT2D eigenvalue weighted by Crippen LogP contribution is 2.18. The molecule has 0 radical (unpaired) electrons. The summed E-state index contributed by atoms with van der Waals surface area (Å²) in [6.07, 6.45) is 0. The Morgan fingerprint density at radius 1 is 1.21 bits per heavy atom. The topological polar surface area (TPSA) is 27.1 Å². The second-order valence-corrected chi connectivity index (χ2v) is 2.65. The number of nitrogens with zero attached hydrogens (tertiary/aromatic N) is 2. The molecular formula is C11H16N2O. The lowest BCUT2D eigenvalue weighted by molar-refractivity contribution is 0.368. The molecule has 1 aromatic carbocycles.